The topological polar surface area (TPSA) is 40.6 Å². The molecule has 0 spiro atoms. The Morgan fingerprint density at radius 1 is 1.15 bits per heavy atom. The predicted octanol–water partition coefficient (Wildman–Crippen LogP) is 4.98. The number of thiophene rings is 1. The second-order valence-electron chi connectivity index (χ2n) is 8.84. The Morgan fingerprint density at radius 2 is 1.74 bits per heavy atom. The van der Waals surface area contributed by atoms with Crippen LogP contribution in [0, 0.1) is 29.1 Å². The molecule has 1 amide bonds. The average Bonchev–Trinajstić information content (AvgIpc) is 2.97. The first-order valence-corrected chi connectivity index (χ1v) is 10.5. The lowest BCUT2D eigenvalue weighted by molar-refractivity contribution is -0.126. The van der Waals surface area contributed by atoms with E-state index in [9.17, 15) is 9.59 Å². The molecule has 0 bridgehead atoms. The number of nitrogens with zero attached hydrogens (tertiary/aromatic N) is 2. The van der Waals surface area contributed by atoms with Gasteiger partial charge in [0.2, 0.25) is 5.91 Å². The Kier molecular flexibility index (Phi) is 6.88. The molecule has 27 heavy (non-hydrogen) atoms. The fraction of sp³-hybridized carbons (Fsp3) is 0.636. The summed E-state index contributed by atoms with van der Waals surface area (Å²) < 4.78 is 0. The Labute approximate surface area is 167 Å². The summed E-state index contributed by atoms with van der Waals surface area (Å²) in [6.07, 6.45) is 4.01. The molecule has 2 rings (SSSR count). The molecule has 0 radical (unpaired) electrons. The van der Waals surface area contributed by atoms with Crippen molar-refractivity contribution < 1.29 is 9.59 Å². The number of amides is 1. The van der Waals surface area contributed by atoms with Gasteiger partial charge in [0.05, 0.1) is 15.4 Å². The first-order valence-electron chi connectivity index (χ1n) is 9.68. The number of hydrogen-bond donors (Lipinski definition) is 0. The van der Waals surface area contributed by atoms with E-state index in [0.29, 0.717) is 16.5 Å². The maximum absolute atomic E-state index is 13.3. The lowest BCUT2D eigenvalue weighted by Crippen LogP contribution is -2.46. The van der Waals surface area contributed by atoms with Crippen molar-refractivity contribution in [3.63, 3.8) is 0 Å². The summed E-state index contributed by atoms with van der Waals surface area (Å²) in [6.45, 7) is 9.97. The number of ketones is 1. The molecule has 0 N–H and O–H groups in total. The number of anilines is 1. The minimum absolute atomic E-state index is 0.0208. The average molecular weight is 389 g/mol. The first-order chi connectivity index (χ1) is 12.5. The van der Waals surface area contributed by atoms with Crippen LogP contribution in [0.15, 0.2) is 6.07 Å². The molecule has 0 aliphatic heterocycles. The van der Waals surface area contributed by atoms with E-state index in [0.717, 1.165) is 30.6 Å². The van der Waals surface area contributed by atoms with Gasteiger partial charge in [0.15, 0.2) is 5.78 Å². The molecule has 1 aromatic heterocycles. The van der Waals surface area contributed by atoms with Crippen molar-refractivity contribution in [1.82, 2.24) is 5.01 Å². The van der Waals surface area contributed by atoms with Crippen LogP contribution in [0.1, 0.15) is 74.9 Å². The summed E-state index contributed by atoms with van der Waals surface area (Å²) in [7, 11) is 3.71. The van der Waals surface area contributed by atoms with Gasteiger partial charge in [-0.3, -0.25) is 9.59 Å². The summed E-state index contributed by atoms with van der Waals surface area (Å²) in [5.74, 6) is 7.16. The molecule has 4 nitrogen and oxygen atoms in total. The largest absolute Gasteiger partial charge is 0.294 e. The van der Waals surface area contributed by atoms with Crippen LogP contribution >= 0.6 is 11.3 Å². The van der Waals surface area contributed by atoms with Crippen molar-refractivity contribution in [1.29, 1.82) is 0 Å². The third-order valence-corrected chi connectivity index (χ3v) is 5.94. The van der Waals surface area contributed by atoms with Gasteiger partial charge in [-0.2, -0.15) is 0 Å². The molecule has 0 aromatic carbocycles. The van der Waals surface area contributed by atoms with Crippen LogP contribution in [0.4, 0.5) is 5.69 Å². The van der Waals surface area contributed by atoms with E-state index in [2.05, 4.69) is 39.5 Å². The molecular formula is C22H32N2O2S. The maximum atomic E-state index is 13.3. The van der Waals surface area contributed by atoms with Gasteiger partial charge >= 0.3 is 0 Å². The Bertz CT molecular complexity index is 754. The molecule has 1 aliphatic carbocycles. The SMILES string of the molecule is CC(=O)c1sc(C#CC(C)(C)C)cc1N(C(=O)C1CCC(C)CC1)N(C)C. The molecule has 1 heterocycles. The third kappa shape index (κ3) is 5.67. The minimum atomic E-state index is -0.115. The Morgan fingerprint density at radius 3 is 2.22 bits per heavy atom. The van der Waals surface area contributed by atoms with Crippen LogP contribution in [-0.4, -0.2) is 30.8 Å². The second kappa shape index (κ2) is 8.58. The van der Waals surface area contributed by atoms with E-state index >= 15 is 0 Å². The molecule has 1 saturated carbocycles. The lowest BCUT2D eigenvalue weighted by atomic mass is 9.82. The van der Waals surface area contributed by atoms with Crippen molar-refractivity contribution >= 4 is 28.7 Å². The van der Waals surface area contributed by atoms with Crippen LogP contribution in [0.2, 0.25) is 0 Å². The summed E-state index contributed by atoms with van der Waals surface area (Å²) in [6, 6.07) is 1.89. The number of carbonyl (C=O) groups is 2. The molecule has 1 aromatic rings. The summed E-state index contributed by atoms with van der Waals surface area (Å²) in [5.41, 5.74) is 0.551. The van der Waals surface area contributed by atoms with Crippen LogP contribution in [0.5, 0.6) is 0 Å². The normalized spacial score (nSPS) is 20.1. The maximum Gasteiger partial charge on any atom is 0.244 e. The molecule has 0 unspecified atom stereocenters. The zero-order valence-electron chi connectivity index (χ0n) is 17.7. The molecule has 5 heteroatoms. The highest BCUT2D eigenvalue weighted by Gasteiger charge is 2.32. The fourth-order valence-electron chi connectivity index (χ4n) is 3.31. The Balaban J connectivity index is 2.40. The highest BCUT2D eigenvalue weighted by molar-refractivity contribution is 7.15. The van der Waals surface area contributed by atoms with Crippen molar-refractivity contribution in [3.05, 3.63) is 15.8 Å². The zero-order chi connectivity index (χ0) is 20.4. The highest BCUT2D eigenvalue weighted by atomic mass is 32.1. The van der Waals surface area contributed by atoms with Gasteiger partial charge < -0.3 is 0 Å². The molecule has 148 valence electrons. The van der Waals surface area contributed by atoms with Crippen molar-refractivity contribution in [2.45, 2.75) is 60.3 Å². The summed E-state index contributed by atoms with van der Waals surface area (Å²) in [5, 5.41) is 3.46. The smallest absolute Gasteiger partial charge is 0.244 e. The number of rotatable bonds is 4. The lowest BCUT2D eigenvalue weighted by Gasteiger charge is -2.34. The van der Waals surface area contributed by atoms with Crippen molar-refractivity contribution in [2.24, 2.45) is 17.3 Å². The Hall–Kier alpha value is -1.64. The molecule has 1 fully saturated rings. The van der Waals surface area contributed by atoms with Crippen LogP contribution in [-0.2, 0) is 4.79 Å². The van der Waals surface area contributed by atoms with Gasteiger partial charge in [0.1, 0.15) is 0 Å². The number of carbonyl (C=O) groups excluding carboxylic acids is 2. The third-order valence-electron chi connectivity index (χ3n) is 4.79. The molecule has 0 atom stereocenters. The van der Waals surface area contributed by atoms with Crippen LogP contribution in [0.3, 0.4) is 0 Å². The van der Waals surface area contributed by atoms with E-state index in [-0.39, 0.29) is 23.0 Å². The van der Waals surface area contributed by atoms with E-state index in [4.69, 9.17) is 0 Å². The van der Waals surface area contributed by atoms with Crippen LogP contribution in [0.25, 0.3) is 0 Å². The van der Waals surface area contributed by atoms with E-state index < -0.39 is 0 Å². The number of hydrazine groups is 1. The summed E-state index contributed by atoms with van der Waals surface area (Å²) in [4.78, 5) is 27.0. The quantitative estimate of drug-likeness (QED) is 0.415. The summed E-state index contributed by atoms with van der Waals surface area (Å²) >= 11 is 1.37. The molecule has 1 aliphatic rings. The highest BCUT2D eigenvalue weighted by Crippen LogP contribution is 2.35. The number of Topliss-reactive ketones (excluding diaryl/α,β-unsaturated/α-hetero) is 1. The molecule has 0 saturated heterocycles. The zero-order valence-corrected chi connectivity index (χ0v) is 18.5. The van der Waals surface area contributed by atoms with Crippen molar-refractivity contribution in [2.75, 3.05) is 19.1 Å². The monoisotopic (exact) mass is 388 g/mol. The number of hydrogen-bond acceptors (Lipinski definition) is 4. The van der Waals surface area contributed by atoms with Crippen LogP contribution < -0.4 is 5.01 Å². The first kappa shape index (κ1) is 21.7. The van der Waals surface area contributed by atoms with E-state index in [1.165, 1.54) is 11.3 Å². The van der Waals surface area contributed by atoms with Gasteiger partial charge in [-0.1, -0.05) is 18.8 Å². The van der Waals surface area contributed by atoms with E-state index in [1.807, 2.05) is 20.2 Å². The van der Waals surface area contributed by atoms with Crippen molar-refractivity contribution in [3.8, 4) is 11.8 Å². The van der Waals surface area contributed by atoms with Gasteiger partial charge in [0.25, 0.3) is 0 Å². The predicted molar refractivity (Wildman–Crippen MR) is 113 cm³/mol. The minimum Gasteiger partial charge on any atom is -0.294 e. The fourth-order valence-corrected chi connectivity index (χ4v) is 4.20. The second-order valence-corrected chi connectivity index (χ2v) is 9.89. The van der Waals surface area contributed by atoms with E-state index in [1.54, 1.807) is 16.9 Å². The molecular weight excluding hydrogens is 356 g/mol. The van der Waals surface area contributed by atoms with Gasteiger partial charge in [0, 0.05) is 32.4 Å². The van der Waals surface area contributed by atoms with Gasteiger partial charge in [-0.15, -0.1) is 11.3 Å². The standard InChI is InChI=1S/C22H32N2O2S/c1-15-8-10-17(11-9-15)21(26)24(23(6)7)19-14-18(12-13-22(3,4)5)27-20(19)16(2)25/h14-15,17H,8-11H2,1-7H3. The van der Waals surface area contributed by atoms with Gasteiger partial charge in [-0.05, 0) is 58.4 Å². The van der Waals surface area contributed by atoms with Gasteiger partial charge in [-0.25, -0.2) is 10.0 Å².